The summed E-state index contributed by atoms with van der Waals surface area (Å²) in [6, 6.07) is 17.1. The molecule has 0 saturated heterocycles. The van der Waals surface area contributed by atoms with Crippen molar-refractivity contribution in [3.05, 3.63) is 95.6 Å². The molecule has 208 valence electrons. The van der Waals surface area contributed by atoms with Gasteiger partial charge in [0.05, 0.1) is 16.1 Å². The number of nitrogens with zero attached hydrogens (tertiary/aromatic N) is 2. The number of carbonyl (C=O) groups excluding carboxylic acids is 2. The first-order valence-electron chi connectivity index (χ1n) is 12.2. The number of anilines is 1. The fraction of sp³-hybridized carbons (Fsp3) is 0.286. The van der Waals surface area contributed by atoms with Crippen LogP contribution in [-0.4, -0.2) is 44.3 Å². The molecule has 0 unspecified atom stereocenters. The first kappa shape index (κ1) is 29.7. The molecule has 3 aromatic carbocycles. The molecule has 11 heteroatoms. The zero-order chi connectivity index (χ0) is 28.8. The van der Waals surface area contributed by atoms with Crippen LogP contribution in [0.3, 0.4) is 0 Å². The van der Waals surface area contributed by atoms with Gasteiger partial charge in [-0.1, -0.05) is 48.5 Å². The van der Waals surface area contributed by atoms with Gasteiger partial charge in [-0.05, 0) is 62.2 Å². The summed E-state index contributed by atoms with van der Waals surface area (Å²) in [5.41, 5.74) is 0.195. The number of hydrogen-bond acceptors (Lipinski definition) is 4. The van der Waals surface area contributed by atoms with Crippen molar-refractivity contribution in [1.82, 2.24) is 10.2 Å². The maximum absolute atomic E-state index is 13.8. The highest BCUT2D eigenvalue weighted by molar-refractivity contribution is 7.92. The predicted octanol–water partition coefficient (Wildman–Crippen LogP) is 4.76. The van der Waals surface area contributed by atoms with Crippen molar-refractivity contribution in [2.24, 2.45) is 0 Å². The number of alkyl halides is 3. The molecule has 2 amide bonds. The molecule has 3 aromatic rings. The standard InChI is InChI=1S/C28H30F3N3O4S/c1-4-32-27(36)21(3)33(18-22-12-9-8-11-20(22)2)26(35)19-34(39(37,38)25-15-6-5-7-16-25)24-14-10-13-23(17-24)28(29,30)31/h5-17,21H,4,18-19H2,1-3H3,(H,32,36)/t21-/m1/s1. The van der Waals surface area contributed by atoms with Gasteiger partial charge in [-0.2, -0.15) is 13.2 Å². The normalized spacial score (nSPS) is 12.5. The molecule has 0 fully saturated rings. The second kappa shape index (κ2) is 12.3. The van der Waals surface area contributed by atoms with Crippen LogP contribution in [0.25, 0.3) is 0 Å². The van der Waals surface area contributed by atoms with E-state index in [0.717, 1.165) is 23.3 Å². The van der Waals surface area contributed by atoms with Crippen molar-refractivity contribution in [3.8, 4) is 0 Å². The number of amides is 2. The number of nitrogens with one attached hydrogen (secondary N) is 1. The second-order valence-corrected chi connectivity index (χ2v) is 10.8. The van der Waals surface area contributed by atoms with Gasteiger partial charge in [0.25, 0.3) is 10.0 Å². The van der Waals surface area contributed by atoms with E-state index in [0.29, 0.717) is 16.9 Å². The number of carbonyl (C=O) groups is 2. The van der Waals surface area contributed by atoms with Crippen LogP contribution in [0.5, 0.6) is 0 Å². The molecular formula is C28H30F3N3O4S. The fourth-order valence-electron chi connectivity index (χ4n) is 3.96. The molecule has 0 aromatic heterocycles. The van der Waals surface area contributed by atoms with E-state index in [1.54, 1.807) is 25.1 Å². The number of rotatable bonds is 10. The Balaban J connectivity index is 2.09. The molecular weight excluding hydrogens is 531 g/mol. The van der Waals surface area contributed by atoms with E-state index >= 15 is 0 Å². The van der Waals surface area contributed by atoms with E-state index in [-0.39, 0.29) is 17.1 Å². The topological polar surface area (TPSA) is 86.8 Å². The van der Waals surface area contributed by atoms with Gasteiger partial charge in [0.2, 0.25) is 11.8 Å². The van der Waals surface area contributed by atoms with Gasteiger partial charge < -0.3 is 10.2 Å². The minimum Gasteiger partial charge on any atom is -0.355 e. The summed E-state index contributed by atoms with van der Waals surface area (Å²) in [7, 11) is -4.46. The third-order valence-electron chi connectivity index (χ3n) is 6.19. The van der Waals surface area contributed by atoms with Crippen molar-refractivity contribution in [2.75, 3.05) is 17.4 Å². The fourth-order valence-corrected chi connectivity index (χ4v) is 5.39. The zero-order valence-corrected chi connectivity index (χ0v) is 22.6. The SMILES string of the molecule is CCNC(=O)[C@@H](C)N(Cc1ccccc1C)C(=O)CN(c1cccc(C(F)(F)F)c1)S(=O)(=O)c1ccccc1. The van der Waals surface area contributed by atoms with Crippen molar-refractivity contribution >= 4 is 27.5 Å². The lowest BCUT2D eigenvalue weighted by molar-refractivity contribution is -0.139. The molecule has 0 radical (unpaired) electrons. The summed E-state index contributed by atoms with van der Waals surface area (Å²) in [4.78, 5) is 27.5. The molecule has 0 spiro atoms. The van der Waals surface area contributed by atoms with E-state index in [1.807, 2.05) is 19.1 Å². The third-order valence-corrected chi connectivity index (χ3v) is 7.98. The Morgan fingerprint density at radius 1 is 0.949 bits per heavy atom. The van der Waals surface area contributed by atoms with Crippen molar-refractivity contribution in [3.63, 3.8) is 0 Å². The summed E-state index contributed by atoms with van der Waals surface area (Å²) < 4.78 is 68.5. The first-order valence-corrected chi connectivity index (χ1v) is 13.7. The average Bonchev–Trinajstić information content (AvgIpc) is 2.91. The minimum atomic E-state index is -4.73. The minimum absolute atomic E-state index is 0.00831. The van der Waals surface area contributed by atoms with Crippen molar-refractivity contribution in [2.45, 2.75) is 44.4 Å². The van der Waals surface area contributed by atoms with Crippen molar-refractivity contribution in [1.29, 1.82) is 0 Å². The van der Waals surface area contributed by atoms with Crippen LogP contribution in [0.4, 0.5) is 18.9 Å². The second-order valence-electron chi connectivity index (χ2n) is 8.89. The van der Waals surface area contributed by atoms with E-state index in [2.05, 4.69) is 5.32 Å². The van der Waals surface area contributed by atoms with E-state index < -0.39 is 46.2 Å². The maximum Gasteiger partial charge on any atom is 0.416 e. The summed E-state index contributed by atoms with van der Waals surface area (Å²) in [5, 5.41) is 2.66. The van der Waals surface area contributed by atoms with Crippen LogP contribution in [0.1, 0.15) is 30.5 Å². The Kier molecular flexibility index (Phi) is 9.39. The van der Waals surface area contributed by atoms with Gasteiger partial charge in [0.1, 0.15) is 12.6 Å². The summed E-state index contributed by atoms with van der Waals surface area (Å²) in [6.07, 6.45) is -4.73. The average molecular weight is 562 g/mol. The summed E-state index contributed by atoms with van der Waals surface area (Å²) in [5.74, 6) is -1.20. The number of aryl methyl sites for hydroxylation is 1. The van der Waals surface area contributed by atoms with Crippen LogP contribution < -0.4 is 9.62 Å². The first-order chi connectivity index (χ1) is 18.4. The molecule has 0 aliphatic carbocycles. The van der Waals surface area contributed by atoms with Crippen LogP contribution in [0, 0.1) is 6.92 Å². The highest BCUT2D eigenvalue weighted by Gasteiger charge is 2.35. The van der Waals surface area contributed by atoms with E-state index in [9.17, 15) is 31.2 Å². The zero-order valence-electron chi connectivity index (χ0n) is 21.8. The Labute approximate surface area is 226 Å². The van der Waals surface area contributed by atoms with Gasteiger partial charge >= 0.3 is 6.18 Å². The molecule has 0 bridgehead atoms. The smallest absolute Gasteiger partial charge is 0.355 e. The highest BCUT2D eigenvalue weighted by atomic mass is 32.2. The number of sulfonamides is 1. The molecule has 1 atom stereocenters. The Hall–Kier alpha value is -3.86. The number of benzene rings is 3. The van der Waals surface area contributed by atoms with Gasteiger partial charge in [0, 0.05) is 13.1 Å². The highest BCUT2D eigenvalue weighted by Crippen LogP contribution is 2.33. The van der Waals surface area contributed by atoms with Gasteiger partial charge in [-0.25, -0.2) is 8.42 Å². The van der Waals surface area contributed by atoms with Crippen molar-refractivity contribution < 1.29 is 31.2 Å². The molecule has 0 aliphatic rings. The Morgan fingerprint density at radius 2 is 1.59 bits per heavy atom. The summed E-state index contributed by atoms with van der Waals surface area (Å²) in [6.45, 7) is 4.55. The lowest BCUT2D eigenvalue weighted by atomic mass is 10.1. The number of halogens is 3. The van der Waals surface area contributed by atoms with E-state index in [1.165, 1.54) is 42.2 Å². The monoisotopic (exact) mass is 561 g/mol. The number of hydrogen-bond donors (Lipinski definition) is 1. The van der Waals surface area contributed by atoms with Gasteiger partial charge in [-0.15, -0.1) is 0 Å². The lowest BCUT2D eigenvalue weighted by Crippen LogP contribution is -2.51. The Bertz CT molecular complexity index is 1410. The van der Waals surface area contributed by atoms with Crippen LogP contribution in [-0.2, 0) is 32.3 Å². The largest absolute Gasteiger partial charge is 0.416 e. The maximum atomic E-state index is 13.8. The van der Waals surface area contributed by atoms with Gasteiger partial charge in [-0.3, -0.25) is 13.9 Å². The van der Waals surface area contributed by atoms with Crippen LogP contribution in [0.15, 0.2) is 83.8 Å². The molecule has 0 aliphatic heterocycles. The molecule has 0 saturated carbocycles. The molecule has 39 heavy (non-hydrogen) atoms. The molecule has 0 heterocycles. The van der Waals surface area contributed by atoms with Crippen LogP contribution >= 0.6 is 0 Å². The van der Waals surface area contributed by atoms with E-state index in [4.69, 9.17) is 0 Å². The third kappa shape index (κ3) is 7.17. The van der Waals surface area contributed by atoms with Gasteiger partial charge in [0.15, 0.2) is 0 Å². The summed E-state index contributed by atoms with van der Waals surface area (Å²) >= 11 is 0. The Morgan fingerprint density at radius 3 is 2.21 bits per heavy atom. The predicted molar refractivity (Wildman–Crippen MR) is 142 cm³/mol. The number of likely N-dealkylation sites (N-methyl/N-ethyl adjacent to an activating group) is 1. The molecule has 7 nitrogen and oxygen atoms in total. The van der Waals surface area contributed by atoms with Crippen LogP contribution in [0.2, 0.25) is 0 Å². The lowest BCUT2D eigenvalue weighted by Gasteiger charge is -2.32. The molecule has 3 rings (SSSR count). The molecule has 1 N–H and O–H groups in total. The quantitative estimate of drug-likeness (QED) is 0.387.